The zero-order valence-corrected chi connectivity index (χ0v) is 14.6. The van der Waals surface area contributed by atoms with Crippen LogP contribution in [0.15, 0.2) is 54.6 Å². The Kier molecular flexibility index (Phi) is 5.53. The molecule has 2 amide bonds. The molecular formula is C19H17ClN2O4. The fraction of sp³-hybridized carbons (Fsp3) is 0.211. The minimum Gasteiger partial charge on any atom is -0.455 e. The number of nitrogens with zero attached hydrogens (tertiary/aromatic N) is 1. The lowest BCUT2D eigenvalue weighted by molar-refractivity contribution is -0.151. The Balaban J connectivity index is 1.52. The van der Waals surface area contributed by atoms with Gasteiger partial charge in [0.05, 0.1) is 5.92 Å². The monoisotopic (exact) mass is 372 g/mol. The fourth-order valence-corrected chi connectivity index (χ4v) is 2.92. The van der Waals surface area contributed by atoms with Crippen LogP contribution in [0.4, 0.5) is 11.4 Å². The van der Waals surface area contributed by atoms with E-state index in [1.165, 1.54) is 4.90 Å². The Bertz CT molecular complexity index is 825. The van der Waals surface area contributed by atoms with Gasteiger partial charge in [-0.25, -0.2) is 0 Å². The Morgan fingerprint density at radius 2 is 1.92 bits per heavy atom. The van der Waals surface area contributed by atoms with Crippen molar-refractivity contribution in [3.05, 3.63) is 59.6 Å². The molecule has 6 nitrogen and oxygen atoms in total. The normalized spacial score (nSPS) is 16.4. The van der Waals surface area contributed by atoms with Crippen molar-refractivity contribution in [2.45, 2.75) is 6.42 Å². The third kappa shape index (κ3) is 4.40. The standard InChI is InChI=1S/C19H17ClN2O4/c20-14-5-4-8-16(10-14)22-11-13(9-18(22)24)19(25)26-12-17(23)21-15-6-2-1-3-7-15/h1-8,10,13H,9,11-12H2,(H,21,23)/t13-/m0/s1. The Morgan fingerprint density at radius 3 is 2.65 bits per heavy atom. The van der Waals surface area contributed by atoms with Crippen molar-refractivity contribution >= 4 is 40.8 Å². The molecule has 3 rings (SSSR count). The second kappa shape index (κ2) is 8.01. The zero-order valence-electron chi connectivity index (χ0n) is 13.9. The summed E-state index contributed by atoms with van der Waals surface area (Å²) in [5, 5.41) is 3.14. The lowest BCUT2D eigenvalue weighted by atomic mass is 10.1. The van der Waals surface area contributed by atoms with Crippen LogP contribution in [0.1, 0.15) is 6.42 Å². The van der Waals surface area contributed by atoms with Crippen LogP contribution < -0.4 is 10.2 Å². The van der Waals surface area contributed by atoms with Crippen LogP contribution in [-0.2, 0) is 19.1 Å². The lowest BCUT2D eigenvalue weighted by Crippen LogP contribution is -2.28. The van der Waals surface area contributed by atoms with Crippen molar-refractivity contribution in [2.75, 3.05) is 23.4 Å². The number of rotatable bonds is 5. The molecular weight excluding hydrogens is 356 g/mol. The molecule has 0 spiro atoms. The highest BCUT2D eigenvalue weighted by atomic mass is 35.5. The summed E-state index contributed by atoms with van der Waals surface area (Å²) in [5.74, 6) is -1.78. The summed E-state index contributed by atoms with van der Waals surface area (Å²) >= 11 is 5.95. The zero-order chi connectivity index (χ0) is 18.5. The van der Waals surface area contributed by atoms with E-state index in [0.29, 0.717) is 16.4 Å². The van der Waals surface area contributed by atoms with Crippen LogP contribution in [0.2, 0.25) is 5.02 Å². The van der Waals surface area contributed by atoms with Crippen molar-refractivity contribution in [2.24, 2.45) is 5.92 Å². The van der Waals surface area contributed by atoms with E-state index < -0.39 is 24.4 Å². The number of para-hydroxylation sites is 1. The van der Waals surface area contributed by atoms with Crippen LogP contribution >= 0.6 is 11.6 Å². The van der Waals surface area contributed by atoms with E-state index in [-0.39, 0.29) is 18.9 Å². The van der Waals surface area contributed by atoms with E-state index in [9.17, 15) is 14.4 Å². The minimum atomic E-state index is -0.606. The van der Waals surface area contributed by atoms with Crippen LogP contribution in [0.25, 0.3) is 0 Å². The van der Waals surface area contributed by atoms with Gasteiger partial charge in [0.15, 0.2) is 6.61 Å². The molecule has 2 aromatic carbocycles. The first-order valence-electron chi connectivity index (χ1n) is 8.10. The quantitative estimate of drug-likeness (QED) is 0.819. The predicted octanol–water partition coefficient (Wildman–Crippen LogP) is 2.87. The largest absolute Gasteiger partial charge is 0.455 e. The van der Waals surface area contributed by atoms with Gasteiger partial charge >= 0.3 is 5.97 Å². The third-order valence-electron chi connectivity index (χ3n) is 3.98. The second-order valence-electron chi connectivity index (χ2n) is 5.91. The van der Waals surface area contributed by atoms with Crippen molar-refractivity contribution in [3.63, 3.8) is 0 Å². The molecule has 26 heavy (non-hydrogen) atoms. The SMILES string of the molecule is O=C(COC(=O)[C@H]1CC(=O)N(c2cccc(Cl)c2)C1)Nc1ccccc1. The highest BCUT2D eigenvalue weighted by Gasteiger charge is 2.36. The topological polar surface area (TPSA) is 75.7 Å². The Hall–Kier alpha value is -2.86. The number of hydrogen-bond acceptors (Lipinski definition) is 4. The minimum absolute atomic E-state index is 0.0473. The van der Waals surface area contributed by atoms with Gasteiger partial charge in [-0.2, -0.15) is 0 Å². The fourth-order valence-electron chi connectivity index (χ4n) is 2.73. The number of amides is 2. The van der Waals surface area contributed by atoms with Crippen LogP contribution in [0.3, 0.4) is 0 Å². The average molecular weight is 373 g/mol. The number of hydrogen-bond donors (Lipinski definition) is 1. The van der Waals surface area contributed by atoms with E-state index >= 15 is 0 Å². The highest BCUT2D eigenvalue weighted by molar-refractivity contribution is 6.31. The van der Waals surface area contributed by atoms with Gasteiger partial charge in [-0.1, -0.05) is 35.9 Å². The number of benzene rings is 2. The van der Waals surface area contributed by atoms with Gasteiger partial charge in [-0.3, -0.25) is 14.4 Å². The van der Waals surface area contributed by atoms with Gasteiger partial charge in [0.1, 0.15) is 0 Å². The van der Waals surface area contributed by atoms with Crippen LogP contribution in [0, 0.1) is 5.92 Å². The molecule has 7 heteroatoms. The number of carbonyl (C=O) groups is 3. The van der Waals surface area contributed by atoms with Gasteiger partial charge < -0.3 is 15.0 Å². The van der Waals surface area contributed by atoms with Crippen molar-refractivity contribution in [3.8, 4) is 0 Å². The molecule has 1 heterocycles. The third-order valence-corrected chi connectivity index (χ3v) is 4.22. The molecule has 0 radical (unpaired) electrons. The summed E-state index contributed by atoms with van der Waals surface area (Å²) in [6.07, 6.45) is 0.0473. The van der Waals surface area contributed by atoms with Crippen LogP contribution in [0.5, 0.6) is 0 Å². The second-order valence-corrected chi connectivity index (χ2v) is 6.34. The Labute approximate surface area is 155 Å². The average Bonchev–Trinajstić information content (AvgIpc) is 3.02. The number of anilines is 2. The van der Waals surface area contributed by atoms with E-state index in [0.717, 1.165) is 0 Å². The van der Waals surface area contributed by atoms with Crippen molar-refractivity contribution in [1.82, 2.24) is 0 Å². The van der Waals surface area contributed by atoms with Gasteiger partial charge in [-0.05, 0) is 30.3 Å². The first-order chi connectivity index (χ1) is 12.5. The molecule has 0 aromatic heterocycles. The molecule has 2 aromatic rings. The molecule has 1 atom stereocenters. The molecule has 134 valence electrons. The molecule has 1 aliphatic heterocycles. The predicted molar refractivity (Wildman–Crippen MR) is 97.9 cm³/mol. The maximum atomic E-state index is 12.2. The van der Waals surface area contributed by atoms with Gasteiger partial charge in [0, 0.05) is 29.4 Å². The molecule has 0 unspecified atom stereocenters. The van der Waals surface area contributed by atoms with E-state index in [1.807, 2.05) is 6.07 Å². The maximum absolute atomic E-state index is 12.2. The number of nitrogens with one attached hydrogen (secondary N) is 1. The molecule has 1 aliphatic rings. The molecule has 0 aliphatic carbocycles. The Morgan fingerprint density at radius 1 is 1.15 bits per heavy atom. The highest BCUT2D eigenvalue weighted by Crippen LogP contribution is 2.27. The molecule has 1 fully saturated rings. The van der Waals surface area contributed by atoms with Gasteiger partial charge in [0.2, 0.25) is 5.91 Å². The maximum Gasteiger partial charge on any atom is 0.311 e. The molecule has 1 N–H and O–H groups in total. The summed E-state index contributed by atoms with van der Waals surface area (Å²) in [6, 6.07) is 15.7. The summed E-state index contributed by atoms with van der Waals surface area (Å²) < 4.78 is 5.06. The molecule has 0 bridgehead atoms. The summed E-state index contributed by atoms with van der Waals surface area (Å²) in [6.45, 7) is -0.187. The summed E-state index contributed by atoms with van der Waals surface area (Å²) in [5.41, 5.74) is 1.26. The van der Waals surface area contributed by atoms with E-state index in [2.05, 4.69) is 5.32 Å². The van der Waals surface area contributed by atoms with Crippen LogP contribution in [-0.4, -0.2) is 30.9 Å². The van der Waals surface area contributed by atoms with Crippen molar-refractivity contribution in [1.29, 1.82) is 0 Å². The number of esters is 1. The smallest absolute Gasteiger partial charge is 0.311 e. The summed E-state index contributed by atoms with van der Waals surface area (Å²) in [4.78, 5) is 37.7. The number of carbonyl (C=O) groups excluding carboxylic acids is 3. The van der Waals surface area contributed by atoms with E-state index in [4.69, 9.17) is 16.3 Å². The lowest BCUT2D eigenvalue weighted by Gasteiger charge is -2.16. The first-order valence-corrected chi connectivity index (χ1v) is 8.48. The summed E-state index contributed by atoms with van der Waals surface area (Å²) in [7, 11) is 0. The molecule has 1 saturated heterocycles. The number of halogens is 1. The first kappa shape index (κ1) is 17.9. The number of ether oxygens (including phenoxy) is 1. The van der Waals surface area contributed by atoms with Gasteiger partial charge in [-0.15, -0.1) is 0 Å². The van der Waals surface area contributed by atoms with Gasteiger partial charge in [0.25, 0.3) is 5.91 Å². The molecule has 0 saturated carbocycles. The van der Waals surface area contributed by atoms with Crippen molar-refractivity contribution < 1.29 is 19.1 Å². The van der Waals surface area contributed by atoms with E-state index in [1.54, 1.807) is 48.5 Å².